The van der Waals surface area contributed by atoms with Crippen molar-refractivity contribution in [2.75, 3.05) is 46.0 Å². The van der Waals surface area contributed by atoms with Gasteiger partial charge in [0.2, 0.25) is 10.0 Å². The molecule has 0 spiro atoms. The van der Waals surface area contributed by atoms with Crippen LogP contribution in [0.25, 0.3) is 0 Å². The van der Waals surface area contributed by atoms with Gasteiger partial charge in [0.1, 0.15) is 0 Å². The molecule has 5 nitrogen and oxygen atoms in total. The van der Waals surface area contributed by atoms with Gasteiger partial charge in [0, 0.05) is 33.2 Å². The largest absolute Gasteiger partial charge is 0.313 e. The van der Waals surface area contributed by atoms with Crippen LogP contribution in [0, 0.1) is 5.92 Å². The molecule has 0 bridgehead atoms. The van der Waals surface area contributed by atoms with Gasteiger partial charge in [-0.15, -0.1) is 0 Å². The van der Waals surface area contributed by atoms with Gasteiger partial charge in [0.15, 0.2) is 0 Å². The molecule has 6 heteroatoms. The van der Waals surface area contributed by atoms with Crippen molar-refractivity contribution in [2.45, 2.75) is 39.2 Å². The summed E-state index contributed by atoms with van der Waals surface area (Å²) in [6.07, 6.45) is 3.71. The molecule has 0 radical (unpaired) electrons. The molecule has 1 rings (SSSR count). The van der Waals surface area contributed by atoms with Crippen LogP contribution < -0.4 is 5.32 Å². The minimum Gasteiger partial charge on any atom is -0.313 e. The van der Waals surface area contributed by atoms with Crippen molar-refractivity contribution < 1.29 is 8.42 Å². The molecule has 0 aromatic heterocycles. The van der Waals surface area contributed by atoms with Gasteiger partial charge in [-0.05, 0) is 45.2 Å². The molecule has 1 heterocycles. The van der Waals surface area contributed by atoms with Crippen LogP contribution in [0.2, 0.25) is 0 Å². The average Bonchev–Trinajstić information content (AvgIpc) is 2.39. The maximum atomic E-state index is 11.7. The summed E-state index contributed by atoms with van der Waals surface area (Å²) in [6.45, 7) is 8.47. The van der Waals surface area contributed by atoms with Gasteiger partial charge in [0.05, 0.1) is 5.75 Å². The fourth-order valence-electron chi connectivity index (χ4n) is 2.78. The molecule has 0 saturated carbocycles. The van der Waals surface area contributed by atoms with Crippen LogP contribution in [0.1, 0.15) is 33.1 Å². The molecule has 2 unspecified atom stereocenters. The highest BCUT2D eigenvalue weighted by Gasteiger charge is 2.24. The first-order valence-corrected chi connectivity index (χ1v) is 9.33. The molecule has 0 aromatic carbocycles. The lowest BCUT2D eigenvalue weighted by Gasteiger charge is -2.36. The second kappa shape index (κ2) is 8.32. The lowest BCUT2D eigenvalue weighted by atomic mass is 9.91. The Bertz CT molecular complexity index is 369. The Morgan fingerprint density at radius 3 is 2.70 bits per heavy atom. The van der Waals surface area contributed by atoms with Crippen molar-refractivity contribution in [1.82, 2.24) is 14.5 Å². The molecule has 120 valence electrons. The highest BCUT2D eigenvalue weighted by atomic mass is 32.2. The number of likely N-dealkylation sites (tertiary alicyclic amines) is 1. The molecule has 1 N–H and O–H groups in total. The first-order valence-electron chi connectivity index (χ1n) is 7.72. The minimum absolute atomic E-state index is 0.176. The van der Waals surface area contributed by atoms with Crippen LogP contribution in [0.5, 0.6) is 0 Å². The van der Waals surface area contributed by atoms with Gasteiger partial charge >= 0.3 is 0 Å². The van der Waals surface area contributed by atoms with Crippen molar-refractivity contribution in [3.8, 4) is 0 Å². The lowest BCUT2D eigenvalue weighted by molar-refractivity contribution is 0.152. The summed E-state index contributed by atoms with van der Waals surface area (Å²) < 4.78 is 24.7. The van der Waals surface area contributed by atoms with Gasteiger partial charge < -0.3 is 10.2 Å². The van der Waals surface area contributed by atoms with E-state index >= 15 is 0 Å². The Kier molecular flexibility index (Phi) is 7.43. The van der Waals surface area contributed by atoms with Gasteiger partial charge in [-0.25, -0.2) is 12.7 Å². The van der Waals surface area contributed by atoms with E-state index < -0.39 is 10.0 Å². The third kappa shape index (κ3) is 5.68. The van der Waals surface area contributed by atoms with Gasteiger partial charge in [0.25, 0.3) is 0 Å². The van der Waals surface area contributed by atoms with E-state index in [9.17, 15) is 8.42 Å². The summed E-state index contributed by atoms with van der Waals surface area (Å²) in [5.41, 5.74) is 0. The highest BCUT2D eigenvalue weighted by Crippen LogP contribution is 2.19. The maximum Gasteiger partial charge on any atom is 0.214 e. The molecule has 1 aliphatic heterocycles. The quantitative estimate of drug-likeness (QED) is 0.726. The van der Waals surface area contributed by atoms with Gasteiger partial charge in [-0.1, -0.05) is 6.92 Å². The van der Waals surface area contributed by atoms with Crippen LogP contribution in [0.15, 0.2) is 0 Å². The molecule has 1 saturated heterocycles. The second-order valence-corrected chi connectivity index (χ2v) is 8.35. The minimum atomic E-state index is -3.08. The van der Waals surface area contributed by atoms with E-state index in [4.69, 9.17) is 0 Å². The van der Waals surface area contributed by atoms with E-state index in [1.807, 2.05) is 0 Å². The molecule has 1 aliphatic rings. The zero-order chi connectivity index (χ0) is 15.2. The first-order chi connectivity index (χ1) is 9.36. The smallest absolute Gasteiger partial charge is 0.214 e. The summed E-state index contributed by atoms with van der Waals surface area (Å²) in [4.78, 5) is 2.53. The molecule has 1 fully saturated rings. The van der Waals surface area contributed by atoms with Crippen LogP contribution in [0.4, 0.5) is 0 Å². The summed E-state index contributed by atoms with van der Waals surface area (Å²) in [7, 11) is 0.0881. The highest BCUT2D eigenvalue weighted by molar-refractivity contribution is 7.89. The van der Waals surface area contributed by atoms with E-state index in [-0.39, 0.29) is 5.75 Å². The number of nitrogens with zero attached hydrogens (tertiary/aromatic N) is 2. The van der Waals surface area contributed by atoms with Gasteiger partial charge in [-0.2, -0.15) is 0 Å². The monoisotopic (exact) mass is 305 g/mol. The van der Waals surface area contributed by atoms with Crippen LogP contribution >= 0.6 is 0 Å². The molecule has 0 aromatic rings. The SMILES string of the molecule is CCCN1CCCC(C(C)NCCS(=O)(=O)N(C)C)C1. The predicted octanol–water partition coefficient (Wildman–Crippen LogP) is 0.978. The summed E-state index contributed by atoms with van der Waals surface area (Å²) in [5, 5.41) is 3.39. The average molecular weight is 305 g/mol. The Balaban J connectivity index is 2.33. The van der Waals surface area contributed by atoms with E-state index in [0.717, 1.165) is 6.54 Å². The zero-order valence-electron chi connectivity index (χ0n) is 13.4. The summed E-state index contributed by atoms with van der Waals surface area (Å²) >= 11 is 0. The maximum absolute atomic E-state index is 11.7. The van der Waals surface area contributed by atoms with Crippen LogP contribution in [0.3, 0.4) is 0 Å². The lowest BCUT2D eigenvalue weighted by Crippen LogP contribution is -2.46. The topological polar surface area (TPSA) is 52.7 Å². The number of sulfonamides is 1. The molecule has 0 amide bonds. The summed E-state index contributed by atoms with van der Waals surface area (Å²) in [6, 6.07) is 0.381. The number of piperidine rings is 1. The Morgan fingerprint density at radius 1 is 1.40 bits per heavy atom. The Morgan fingerprint density at radius 2 is 2.10 bits per heavy atom. The first kappa shape index (κ1) is 17.9. The second-order valence-electron chi connectivity index (χ2n) is 6.04. The van der Waals surface area contributed by atoms with Crippen molar-refractivity contribution >= 4 is 10.0 Å². The van der Waals surface area contributed by atoms with Crippen LogP contribution in [-0.2, 0) is 10.0 Å². The third-order valence-electron chi connectivity index (χ3n) is 4.17. The zero-order valence-corrected chi connectivity index (χ0v) is 14.2. The Hall–Kier alpha value is -0.170. The molecule has 0 aliphatic carbocycles. The fourth-order valence-corrected chi connectivity index (χ4v) is 3.52. The van der Waals surface area contributed by atoms with Crippen molar-refractivity contribution in [3.05, 3.63) is 0 Å². The number of hydrogen-bond donors (Lipinski definition) is 1. The van der Waals surface area contributed by atoms with E-state index in [2.05, 4.69) is 24.1 Å². The molecule has 2 atom stereocenters. The number of rotatable bonds is 8. The van der Waals surface area contributed by atoms with Crippen LogP contribution in [-0.4, -0.2) is 69.7 Å². The predicted molar refractivity (Wildman–Crippen MR) is 84.4 cm³/mol. The standard InChI is InChI=1S/C14H31N3O2S/c1-5-9-17-10-6-7-14(12-17)13(2)15-8-11-20(18,19)16(3)4/h13-15H,5-12H2,1-4H3. The Labute approximate surface area is 124 Å². The van der Waals surface area contributed by atoms with Crippen molar-refractivity contribution in [3.63, 3.8) is 0 Å². The number of hydrogen-bond acceptors (Lipinski definition) is 4. The van der Waals surface area contributed by atoms with E-state index in [1.165, 1.54) is 36.7 Å². The number of nitrogens with one attached hydrogen (secondary N) is 1. The fraction of sp³-hybridized carbons (Fsp3) is 1.00. The third-order valence-corrected chi connectivity index (χ3v) is 6.00. The van der Waals surface area contributed by atoms with Crippen molar-refractivity contribution in [1.29, 1.82) is 0 Å². The van der Waals surface area contributed by atoms with E-state index in [1.54, 1.807) is 14.1 Å². The van der Waals surface area contributed by atoms with E-state index in [0.29, 0.717) is 18.5 Å². The molecule has 20 heavy (non-hydrogen) atoms. The van der Waals surface area contributed by atoms with Crippen molar-refractivity contribution in [2.24, 2.45) is 5.92 Å². The normalized spacial score (nSPS) is 23.1. The molecular weight excluding hydrogens is 274 g/mol. The summed E-state index contributed by atoms with van der Waals surface area (Å²) in [5.74, 6) is 0.813. The van der Waals surface area contributed by atoms with Gasteiger partial charge in [-0.3, -0.25) is 0 Å². The molecular formula is C14H31N3O2S.